The van der Waals surface area contributed by atoms with E-state index in [4.69, 9.17) is 21.1 Å². The molecule has 0 unspecified atom stereocenters. The van der Waals surface area contributed by atoms with Crippen LogP contribution in [0.25, 0.3) is 0 Å². The van der Waals surface area contributed by atoms with Gasteiger partial charge in [-0.2, -0.15) is 0 Å². The van der Waals surface area contributed by atoms with Crippen molar-refractivity contribution in [3.05, 3.63) is 22.7 Å². The quantitative estimate of drug-likeness (QED) is 0.536. The van der Waals surface area contributed by atoms with Crippen LogP contribution in [0.3, 0.4) is 0 Å². The maximum absolute atomic E-state index is 6.35. The van der Waals surface area contributed by atoms with E-state index in [0.717, 1.165) is 23.0 Å². The molecule has 2 aromatic rings. The molecule has 2 rings (SSSR count). The zero-order valence-electron chi connectivity index (χ0n) is 14.2. The first-order chi connectivity index (χ1) is 11.5. The van der Waals surface area contributed by atoms with Crippen molar-refractivity contribution in [1.82, 2.24) is 25.5 Å². The first kappa shape index (κ1) is 18.8. The molecule has 0 amide bonds. The Morgan fingerprint density at radius 2 is 2.12 bits per heavy atom. The summed E-state index contributed by atoms with van der Waals surface area (Å²) in [7, 11) is 3.45. The number of aromatic nitrogens is 4. The number of halogens is 1. The SMILES string of the molecule is COc1cc(CNCCSc2nnnn2C)c(Cl)cc1OC(C)C. The van der Waals surface area contributed by atoms with Crippen LogP contribution in [-0.2, 0) is 13.6 Å². The van der Waals surface area contributed by atoms with Gasteiger partial charge in [0.05, 0.1) is 13.2 Å². The molecule has 0 radical (unpaired) electrons. The van der Waals surface area contributed by atoms with E-state index in [2.05, 4.69) is 20.8 Å². The third kappa shape index (κ3) is 5.25. The number of hydrogen-bond donors (Lipinski definition) is 1. The average Bonchev–Trinajstić information content (AvgIpc) is 2.93. The normalized spacial score (nSPS) is 11.1. The van der Waals surface area contributed by atoms with Crippen molar-refractivity contribution in [2.24, 2.45) is 7.05 Å². The molecule has 0 spiro atoms. The summed E-state index contributed by atoms with van der Waals surface area (Å²) in [4.78, 5) is 0. The van der Waals surface area contributed by atoms with E-state index < -0.39 is 0 Å². The van der Waals surface area contributed by atoms with Crippen molar-refractivity contribution < 1.29 is 9.47 Å². The molecule has 132 valence electrons. The minimum atomic E-state index is 0.0612. The molecule has 1 aromatic heterocycles. The van der Waals surface area contributed by atoms with Gasteiger partial charge in [-0.05, 0) is 35.9 Å². The Balaban J connectivity index is 1.86. The lowest BCUT2D eigenvalue weighted by molar-refractivity contribution is 0.230. The van der Waals surface area contributed by atoms with Gasteiger partial charge in [0.25, 0.3) is 0 Å². The number of tetrazole rings is 1. The number of nitrogens with one attached hydrogen (secondary N) is 1. The van der Waals surface area contributed by atoms with Crippen LogP contribution in [0, 0.1) is 0 Å². The van der Waals surface area contributed by atoms with Crippen molar-refractivity contribution in [2.45, 2.75) is 31.7 Å². The lowest BCUT2D eigenvalue weighted by Crippen LogP contribution is -2.17. The zero-order chi connectivity index (χ0) is 17.5. The molecule has 0 aliphatic rings. The van der Waals surface area contributed by atoms with Gasteiger partial charge in [-0.15, -0.1) is 5.10 Å². The van der Waals surface area contributed by atoms with Crippen molar-refractivity contribution in [3.8, 4) is 11.5 Å². The molecule has 0 atom stereocenters. The van der Waals surface area contributed by atoms with Crippen molar-refractivity contribution in [1.29, 1.82) is 0 Å². The molecule has 0 bridgehead atoms. The monoisotopic (exact) mass is 371 g/mol. The van der Waals surface area contributed by atoms with Crippen LogP contribution in [0.1, 0.15) is 19.4 Å². The van der Waals surface area contributed by atoms with Crippen LogP contribution in [0.15, 0.2) is 17.3 Å². The van der Waals surface area contributed by atoms with Gasteiger partial charge in [0.2, 0.25) is 5.16 Å². The predicted octanol–water partition coefficient (Wildman–Crippen LogP) is 2.54. The molecule has 1 heterocycles. The van der Waals surface area contributed by atoms with E-state index in [1.54, 1.807) is 29.6 Å². The standard InChI is InChI=1S/C15H22ClN5O2S/c1-10(2)23-14-8-12(16)11(7-13(14)22-4)9-17-5-6-24-15-18-19-20-21(15)3/h7-8,10,17H,5-6,9H2,1-4H3. The topological polar surface area (TPSA) is 74.1 Å². The molecule has 1 aromatic carbocycles. The summed E-state index contributed by atoms with van der Waals surface area (Å²) in [6.45, 7) is 5.38. The molecule has 1 N–H and O–H groups in total. The number of benzene rings is 1. The molecule has 0 saturated heterocycles. The van der Waals surface area contributed by atoms with E-state index in [-0.39, 0.29) is 6.10 Å². The van der Waals surface area contributed by atoms with Gasteiger partial charge in [0, 0.05) is 37.0 Å². The fourth-order valence-corrected chi connectivity index (χ4v) is 2.97. The van der Waals surface area contributed by atoms with Crippen molar-refractivity contribution in [3.63, 3.8) is 0 Å². The summed E-state index contributed by atoms with van der Waals surface area (Å²) in [5, 5.41) is 16.1. The Morgan fingerprint density at radius 1 is 1.33 bits per heavy atom. The van der Waals surface area contributed by atoms with E-state index in [1.165, 1.54) is 0 Å². The van der Waals surface area contributed by atoms with Gasteiger partial charge in [-0.1, -0.05) is 23.4 Å². The summed E-state index contributed by atoms with van der Waals surface area (Å²) in [6, 6.07) is 3.71. The maximum Gasteiger partial charge on any atom is 0.209 e. The largest absolute Gasteiger partial charge is 0.493 e. The van der Waals surface area contributed by atoms with E-state index in [9.17, 15) is 0 Å². The molecule has 0 aliphatic carbocycles. The maximum atomic E-state index is 6.35. The molecule has 24 heavy (non-hydrogen) atoms. The Labute approximate surface area is 151 Å². The number of nitrogens with zero attached hydrogens (tertiary/aromatic N) is 4. The van der Waals surface area contributed by atoms with Gasteiger partial charge < -0.3 is 14.8 Å². The van der Waals surface area contributed by atoms with Crippen LogP contribution in [-0.4, -0.2) is 45.7 Å². The Kier molecular flexibility index (Phi) is 7.14. The predicted molar refractivity (Wildman–Crippen MR) is 95.0 cm³/mol. The second kappa shape index (κ2) is 9.10. The van der Waals surface area contributed by atoms with Crippen LogP contribution < -0.4 is 14.8 Å². The highest BCUT2D eigenvalue weighted by Crippen LogP contribution is 2.34. The highest BCUT2D eigenvalue weighted by Gasteiger charge is 2.12. The molecule has 7 nitrogen and oxygen atoms in total. The highest BCUT2D eigenvalue weighted by molar-refractivity contribution is 7.99. The number of ether oxygens (including phenoxy) is 2. The first-order valence-corrected chi connectivity index (χ1v) is 8.96. The highest BCUT2D eigenvalue weighted by atomic mass is 35.5. The van der Waals surface area contributed by atoms with Gasteiger partial charge in [-0.3, -0.25) is 0 Å². The minimum Gasteiger partial charge on any atom is -0.493 e. The number of hydrogen-bond acceptors (Lipinski definition) is 7. The fraction of sp³-hybridized carbons (Fsp3) is 0.533. The van der Waals surface area contributed by atoms with Crippen LogP contribution in [0.4, 0.5) is 0 Å². The second-order valence-electron chi connectivity index (χ2n) is 5.37. The van der Waals surface area contributed by atoms with Gasteiger partial charge >= 0.3 is 0 Å². The van der Waals surface area contributed by atoms with Crippen LogP contribution in [0.5, 0.6) is 11.5 Å². The number of methoxy groups -OCH3 is 1. The Bertz CT molecular complexity index is 665. The second-order valence-corrected chi connectivity index (χ2v) is 6.84. The summed E-state index contributed by atoms with van der Waals surface area (Å²) < 4.78 is 12.8. The van der Waals surface area contributed by atoms with Gasteiger partial charge in [-0.25, -0.2) is 4.68 Å². The lowest BCUT2D eigenvalue weighted by Gasteiger charge is -2.16. The van der Waals surface area contributed by atoms with Crippen LogP contribution >= 0.6 is 23.4 Å². The molecule has 9 heteroatoms. The Morgan fingerprint density at radius 3 is 2.75 bits per heavy atom. The summed E-state index contributed by atoms with van der Waals surface area (Å²) in [5.41, 5.74) is 0.968. The number of rotatable bonds is 9. The van der Waals surface area contributed by atoms with Gasteiger partial charge in [0.15, 0.2) is 11.5 Å². The number of aryl methyl sites for hydroxylation is 1. The molecule has 0 saturated carbocycles. The van der Waals surface area contributed by atoms with Crippen molar-refractivity contribution in [2.75, 3.05) is 19.4 Å². The first-order valence-electron chi connectivity index (χ1n) is 7.60. The van der Waals surface area contributed by atoms with Crippen molar-refractivity contribution >= 4 is 23.4 Å². The third-order valence-corrected chi connectivity index (χ3v) is 4.47. The summed E-state index contributed by atoms with van der Waals surface area (Å²) in [5.74, 6) is 2.20. The molecule has 0 fully saturated rings. The fourth-order valence-electron chi connectivity index (χ4n) is 2.00. The van der Waals surface area contributed by atoms with Gasteiger partial charge in [0.1, 0.15) is 0 Å². The minimum absolute atomic E-state index is 0.0612. The smallest absolute Gasteiger partial charge is 0.209 e. The molecule has 0 aliphatic heterocycles. The number of thioether (sulfide) groups is 1. The average molecular weight is 372 g/mol. The Hall–Kier alpha value is -1.51. The molecular formula is C15H22ClN5O2S. The van der Waals surface area contributed by atoms with E-state index in [1.807, 2.05) is 27.0 Å². The summed E-state index contributed by atoms with van der Waals surface area (Å²) >= 11 is 7.94. The van der Waals surface area contributed by atoms with E-state index >= 15 is 0 Å². The third-order valence-electron chi connectivity index (χ3n) is 3.10. The summed E-state index contributed by atoms with van der Waals surface area (Å²) in [6.07, 6.45) is 0.0612. The molecular weight excluding hydrogens is 350 g/mol. The van der Waals surface area contributed by atoms with Crippen LogP contribution in [0.2, 0.25) is 5.02 Å². The zero-order valence-corrected chi connectivity index (χ0v) is 15.8. The lowest BCUT2D eigenvalue weighted by atomic mass is 10.2. The van der Waals surface area contributed by atoms with E-state index in [0.29, 0.717) is 23.1 Å².